The largest absolute Gasteiger partial charge is 0.351 e. The second kappa shape index (κ2) is 8.42. The van der Waals surface area contributed by atoms with Crippen LogP contribution in [0.15, 0.2) is 42.5 Å². The summed E-state index contributed by atoms with van der Waals surface area (Å²) in [5, 5.41) is 8.39. The van der Waals surface area contributed by atoms with Crippen LogP contribution in [0.1, 0.15) is 23.0 Å². The average molecular weight is 353 g/mol. The normalized spacial score (nSPS) is 14.2. The van der Waals surface area contributed by atoms with Crippen molar-refractivity contribution in [1.82, 2.24) is 20.0 Å². The van der Waals surface area contributed by atoms with Gasteiger partial charge in [-0.1, -0.05) is 30.3 Å². The Morgan fingerprint density at radius 2 is 1.81 bits per heavy atom. The number of benzene rings is 1. The van der Waals surface area contributed by atoms with E-state index in [1.165, 1.54) is 5.56 Å². The average Bonchev–Trinajstić information content (AvgIpc) is 2.72. The van der Waals surface area contributed by atoms with Crippen LogP contribution in [0.4, 0.5) is 5.82 Å². The first-order valence-electron chi connectivity index (χ1n) is 8.82. The van der Waals surface area contributed by atoms with Crippen molar-refractivity contribution in [2.75, 3.05) is 37.6 Å². The fourth-order valence-corrected chi connectivity index (χ4v) is 2.96. The summed E-state index contributed by atoms with van der Waals surface area (Å²) >= 11 is 0. The molecular formula is C19H23N5O2. The Bertz CT molecular complexity index is 727. The summed E-state index contributed by atoms with van der Waals surface area (Å²) in [6, 6.07) is 13.7. The SMILES string of the molecule is CCN(Cc1ccccc1)c1ccc(C(=O)N2CCN(C=O)CC2)nn1. The zero-order chi connectivity index (χ0) is 18.4. The Kier molecular flexibility index (Phi) is 5.78. The van der Waals surface area contributed by atoms with Gasteiger partial charge in [-0.05, 0) is 24.6 Å². The van der Waals surface area contributed by atoms with E-state index in [0.717, 1.165) is 25.3 Å². The fraction of sp³-hybridized carbons (Fsp3) is 0.368. The highest BCUT2D eigenvalue weighted by Crippen LogP contribution is 2.14. The Morgan fingerprint density at radius 1 is 1.08 bits per heavy atom. The molecule has 1 fully saturated rings. The van der Waals surface area contributed by atoms with Gasteiger partial charge in [0.05, 0.1) is 0 Å². The minimum absolute atomic E-state index is 0.138. The monoisotopic (exact) mass is 353 g/mol. The molecule has 1 aliphatic rings. The molecule has 0 bridgehead atoms. The molecule has 3 rings (SSSR count). The number of nitrogens with zero attached hydrogens (tertiary/aromatic N) is 5. The first-order chi connectivity index (χ1) is 12.7. The van der Waals surface area contributed by atoms with E-state index in [0.29, 0.717) is 31.9 Å². The van der Waals surface area contributed by atoms with E-state index in [1.54, 1.807) is 15.9 Å². The van der Waals surface area contributed by atoms with Crippen LogP contribution in [-0.4, -0.2) is 65.0 Å². The molecule has 0 saturated carbocycles. The van der Waals surface area contributed by atoms with Crippen molar-refractivity contribution in [3.63, 3.8) is 0 Å². The van der Waals surface area contributed by atoms with Gasteiger partial charge >= 0.3 is 0 Å². The molecule has 136 valence electrons. The predicted molar refractivity (Wildman–Crippen MR) is 98.7 cm³/mol. The van der Waals surface area contributed by atoms with E-state index >= 15 is 0 Å². The molecule has 26 heavy (non-hydrogen) atoms. The summed E-state index contributed by atoms with van der Waals surface area (Å²) in [6.07, 6.45) is 0.822. The van der Waals surface area contributed by atoms with Gasteiger partial charge in [-0.25, -0.2) is 0 Å². The van der Waals surface area contributed by atoms with E-state index in [2.05, 4.69) is 34.2 Å². The summed E-state index contributed by atoms with van der Waals surface area (Å²) in [4.78, 5) is 28.8. The molecule has 2 amide bonds. The molecule has 2 aromatic rings. The van der Waals surface area contributed by atoms with Crippen LogP contribution in [0.25, 0.3) is 0 Å². The van der Waals surface area contributed by atoms with Gasteiger partial charge in [-0.2, -0.15) is 0 Å². The number of hydrogen-bond acceptors (Lipinski definition) is 5. The number of piperazine rings is 1. The third-order valence-electron chi connectivity index (χ3n) is 4.54. The molecule has 0 radical (unpaired) electrons. The smallest absolute Gasteiger partial charge is 0.274 e. The number of carbonyl (C=O) groups excluding carboxylic acids is 2. The number of hydrogen-bond donors (Lipinski definition) is 0. The van der Waals surface area contributed by atoms with E-state index in [-0.39, 0.29) is 5.91 Å². The van der Waals surface area contributed by atoms with Crippen molar-refractivity contribution in [1.29, 1.82) is 0 Å². The second-order valence-electron chi connectivity index (χ2n) is 6.21. The minimum Gasteiger partial charge on any atom is -0.351 e. The highest BCUT2D eigenvalue weighted by molar-refractivity contribution is 5.92. The van der Waals surface area contributed by atoms with Gasteiger partial charge in [0.25, 0.3) is 5.91 Å². The van der Waals surface area contributed by atoms with E-state index < -0.39 is 0 Å². The molecule has 1 aromatic heterocycles. The lowest BCUT2D eigenvalue weighted by molar-refractivity contribution is -0.119. The highest BCUT2D eigenvalue weighted by atomic mass is 16.2. The molecule has 2 heterocycles. The van der Waals surface area contributed by atoms with Crippen LogP contribution in [0.3, 0.4) is 0 Å². The van der Waals surface area contributed by atoms with Crippen molar-refractivity contribution in [2.24, 2.45) is 0 Å². The third kappa shape index (κ3) is 4.17. The lowest BCUT2D eigenvalue weighted by atomic mass is 10.2. The van der Waals surface area contributed by atoms with Crippen LogP contribution in [0.2, 0.25) is 0 Å². The minimum atomic E-state index is -0.138. The molecule has 1 saturated heterocycles. The van der Waals surface area contributed by atoms with Gasteiger partial charge in [-0.3, -0.25) is 9.59 Å². The first-order valence-corrected chi connectivity index (χ1v) is 8.82. The maximum absolute atomic E-state index is 12.5. The topological polar surface area (TPSA) is 69.6 Å². The van der Waals surface area contributed by atoms with Gasteiger partial charge in [0, 0.05) is 39.3 Å². The summed E-state index contributed by atoms with van der Waals surface area (Å²) in [6.45, 7) is 5.77. The van der Waals surface area contributed by atoms with Crippen LogP contribution in [0, 0.1) is 0 Å². The molecule has 0 N–H and O–H groups in total. The standard InChI is InChI=1S/C19H23N5O2/c1-2-23(14-16-6-4-3-5-7-16)18-9-8-17(20-21-18)19(26)24-12-10-22(15-25)11-13-24/h3-9,15H,2,10-14H2,1H3. The zero-order valence-electron chi connectivity index (χ0n) is 14.9. The van der Waals surface area contributed by atoms with Gasteiger partial charge in [0.15, 0.2) is 11.5 Å². The Morgan fingerprint density at radius 3 is 2.38 bits per heavy atom. The number of aromatic nitrogens is 2. The highest BCUT2D eigenvalue weighted by Gasteiger charge is 2.22. The van der Waals surface area contributed by atoms with Crippen LogP contribution in [-0.2, 0) is 11.3 Å². The lowest BCUT2D eigenvalue weighted by Crippen LogP contribution is -2.48. The quantitative estimate of drug-likeness (QED) is 0.735. The first kappa shape index (κ1) is 17.8. The van der Waals surface area contributed by atoms with E-state index in [1.807, 2.05) is 24.3 Å². The van der Waals surface area contributed by atoms with Crippen molar-refractivity contribution >= 4 is 18.1 Å². The van der Waals surface area contributed by atoms with Crippen LogP contribution < -0.4 is 4.90 Å². The van der Waals surface area contributed by atoms with Gasteiger partial charge in [-0.15, -0.1) is 10.2 Å². The third-order valence-corrected chi connectivity index (χ3v) is 4.54. The zero-order valence-corrected chi connectivity index (χ0v) is 14.9. The maximum Gasteiger partial charge on any atom is 0.274 e. The number of rotatable bonds is 6. The fourth-order valence-electron chi connectivity index (χ4n) is 2.96. The molecule has 0 atom stereocenters. The number of carbonyl (C=O) groups is 2. The van der Waals surface area contributed by atoms with Crippen molar-refractivity contribution in [3.8, 4) is 0 Å². The summed E-state index contributed by atoms with van der Waals surface area (Å²) in [5.74, 6) is 0.611. The van der Waals surface area contributed by atoms with Crippen molar-refractivity contribution < 1.29 is 9.59 Å². The maximum atomic E-state index is 12.5. The van der Waals surface area contributed by atoms with Crippen LogP contribution >= 0.6 is 0 Å². The Hall–Kier alpha value is -2.96. The van der Waals surface area contributed by atoms with Gasteiger partial charge < -0.3 is 14.7 Å². The van der Waals surface area contributed by atoms with Crippen molar-refractivity contribution in [3.05, 3.63) is 53.7 Å². The van der Waals surface area contributed by atoms with Crippen LogP contribution in [0.5, 0.6) is 0 Å². The van der Waals surface area contributed by atoms with E-state index in [9.17, 15) is 9.59 Å². The molecule has 0 spiro atoms. The lowest BCUT2D eigenvalue weighted by Gasteiger charge is -2.32. The summed E-state index contributed by atoms with van der Waals surface area (Å²) in [5.41, 5.74) is 1.54. The Labute approximate surface area is 153 Å². The van der Waals surface area contributed by atoms with Gasteiger partial charge in [0.2, 0.25) is 6.41 Å². The van der Waals surface area contributed by atoms with E-state index in [4.69, 9.17) is 0 Å². The molecular weight excluding hydrogens is 330 g/mol. The molecule has 1 aromatic carbocycles. The molecule has 7 heteroatoms. The van der Waals surface area contributed by atoms with Gasteiger partial charge in [0.1, 0.15) is 0 Å². The molecule has 0 aliphatic carbocycles. The number of anilines is 1. The molecule has 7 nitrogen and oxygen atoms in total. The number of amides is 2. The Balaban J connectivity index is 1.65. The molecule has 1 aliphatic heterocycles. The predicted octanol–water partition coefficient (Wildman–Crippen LogP) is 1.42. The second-order valence-corrected chi connectivity index (χ2v) is 6.21. The molecule has 0 unspecified atom stereocenters. The summed E-state index contributed by atoms with van der Waals surface area (Å²) in [7, 11) is 0. The van der Waals surface area contributed by atoms with Crippen molar-refractivity contribution in [2.45, 2.75) is 13.5 Å². The summed E-state index contributed by atoms with van der Waals surface area (Å²) < 4.78 is 0.